The number of hydrogen-bond donors (Lipinski definition) is 1. The number of rotatable bonds is 6. The maximum absolute atomic E-state index is 5.57. The van der Waals surface area contributed by atoms with Crippen LogP contribution < -0.4 is 15.2 Å². The number of nitrogens with zero attached hydrogens (tertiary/aromatic N) is 2. The summed E-state index contributed by atoms with van der Waals surface area (Å²) in [7, 11) is 3.18. The van der Waals surface area contributed by atoms with E-state index in [9.17, 15) is 0 Å². The van der Waals surface area contributed by atoms with Gasteiger partial charge in [0.25, 0.3) is 0 Å². The third kappa shape index (κ3) is 3.03. The number of ether oxygens (including phenoxy) is 2. The van der Waals surface area contributed by atoms with Crippen molar-refractivity contribution in [2.45, 2.75) is 12.8 Å². The summed E-state index contributed by atoms with van der Waals surface area (Å²) in [5.74, 6) is 2.35. The molecule has 6 nitrogen and oxygen atoms in total. The minimum absolute atomic E-state index is 0.466. The molecule has 6 heteroatoms. The Morgan fingerprint density at radius 3 is 2.63 bits per heavy atom. The number of aryl methyl sites for hydroxylation is 1. The number of benzene rings is 1. The maximum Gasteiger partial charge on any atom is 0.247 e. The van der Waals surface area contributed by atoms with Gasteiger partial charge in [0.1, 0.15) is 0 Å². The molecule has 2 aromatic rings. The molecule has 102 valence electrons. The highest BCUT2D eigenvalue weighted by Gasteiger charge is 2.11. The summed E-state index contributed by atoms with van der Waals surface area (Å²) in [4.78, 5) is 0. The zero-order chi connectivity index (χ0) is 13.7. The van der Waals surface area contributed by atoms with Crippen molar-refractivity contribution in [2.75, 3.05) is 20.8 Å². The first-order chi connectivity index (χ1) is 9.28. The lowest BCUT2D eigenvalue weighted by Gasteiger charge is -2.07. The molecule has 1 heterocycles. The van der Waals surface area contributed by atoms with Crippen LogP contribution >= 0.6 is 0 Å². The summed E-state index contributed by atoms with van der Waals surface area (Å²) >= 11 is 0. The molecule has 0 amide bonds. The van der Waals surface area contributed by atoms with Gasteiger partial charge in [-0.25, -0.2) is 0 Å². The van der Waals surface area contributed by atoms with Gasteiger partial charge in [0.05, 0.1) is 14.2 Å². The minimum Gasteiger partial charge on any atom is -0.493 e. The molecule has 2 rings (SSSR count). The van der Waals surface area contributed by atoms with Gasteiger partial charge in [-0.15, -0.1) is 10.2 Å². The molecule has 0 spiro atoms. The molecule has 0 saturated carbocycles. The lowest BCUT2D eigenvalue weighted by Crippen LogP contribution is -2.00. The van der Waals surface area contributed by atoms with Gasteiger partial charge in [0.15, 0.2) is 11.5 Å². The average molecular weight is 263 g/mol. The van der Waals surface area contributed by atoms with Gasteiger partial charge < -0.3 is 19.6 Å². The van der Waals surface area contributed by atoms with Crippen molar-refractivity contribution < 1.29 is 13.9 Å². The fraction of sp³-hybridized carbons (Fsp3) is 0.385. The van der Waals surface area contributed by atoms with Gasteiger partial charge in [0, 0.05) is 12.0 Å². The van der Waals surface area contributed by atoms with Gasteiger partial charge in [-0.1, -0.05) is 0 Å². The molecule has 1 aromatic heterocycles. The van der Waals surface area contributed by atoms with E-state index in [2.05, 4.69) is 10.2 Å². The fourth-order valence-corrected chi connectivity index (χ4v) is 1.69. The quantitative estimate of drug-likeness (QED) is 0.853. The Morgan fingerprint density at radius 2 is 1.95 bits per heavy atom. The molecule has 0 fully saturated rings. The predicted molar refractivity (Wildman–Crippen MR) is 70.2 cm³/mol. The van der Waals surface area contributed by atoms with E-state index >= 15 is 0 Å². The number of nitrogens with two attached hydrogens (primary N) is 1. The number of aromatic nitrogens is 2. The lowest BCUT2D eigenvalue weighted by atomic mass is 10.2. The van der Waals surface area contributed by atoms with E-state index in [1.54, 1.807) is 26.4 Å². The van der Waals surface area contributed by atoms with E-state index in [1.165, 1.54) is 0 Å². The lowest BCUT2D eigenvalue weighted by molar-refractivity contribution is 0.355. The normalized spacial score (nSPS) is 10.5. The topological polar surface area (TPSA) is 83.4 Å². The molecule has 0 aliphatic carbocycles. The molecular weight excluding hydrogens is 246 g/mol. The van der Waals surface area contributed by atoms with Gasteiger partial charge in [0.2, 0.25) is 11.8 Å². The van der Waals surface area contributed by atoms with Crippen LogP contribution in [0, 0.1) is 0 Å². The molecule has 0 bridgehead atoms. The van der Waals surface area contributed by atoms with Crippen LogP contribution in [0.2, 0.25) is 0 Å². The highest BCUT2D eigenvalue weighted by atomic mass is 16.5. The second-order valence-corrected chi connectivity index (χ2v) is 3.96. The highest BCUT2D eigenvalue weighted by Crippen LogP contribution is 2.31. The smallest absolute Gasteiger partial charge is 0.247 e. The van der Waals surface area contributed by atoms with Crippen molar-refractivity contribution in [2.24, 2.45) is 5.73 Å². The molecule has 19 heavy (non-hydrogen) atoms. The summed E-state index contributed by atoms with van der Waals surface area (Å²) in [5, 5.41) is 8.00. The Kier molecular flexibility index (Phi) is 4.35. The molecule has 0 aliphatic heterocycles. The number of methoxy groups -OCH3 is 2. The van der Waals surface area contributed by atoms with E-state index in [0.29, 0.717) is 36.2 Å². The van der Waals surface area contributed by atoms with Crippen molar-refractivity contribution in [3.63, 3.8) is 0 Å². The third-order valence-corrected chi connectivity index (χ3v) is 2.69. The predicted octanol–water partition coefficient (Wildman–Crippen LogP) is 1.65. The van der Waals surface area contributed by atoms with E-state index < -0.39 is 0 Å². The standard InChI is InChI=1S/C13H17N3O3/c1-17-10-6-5-9(8-11(10)18-2)13-16-15-12(19-13)4-3-7-14/h5-6,8H,3-4,7,14H2,1-2H3. The third-order valence-electron chi connectivity index (χ3n) is 2.69. The van der Waals surface area contributed by atoms with Crippen LogP contribution in [-0.2, 0) is 6.42 Å². The van der Waals surface area contributed by atoms with Gasteiger partial charge in [-0.05, 0) is 31.2 Å². The zero-order valence-electron chi connectivity index (χ0n) is 11.0. The SMILES string of the molecule is COc1ccc(-c2nnc(CCCN)o2)cc1OC. The zero-order valence-corrected chi connectivity index (χ0v) is 11.0. The van der Waals surface area contributed by atoms with Crippen molar-refractivity contribution in [1.82, 2.24) is 10.2 Å². The van der Waals surface area contributed by atoms with Crippen LogP contribution in [0.1, 0.15) is 12.3 Å². The Labute approximate surface area is 111 Å². The highest BCUT2D eigenvalue weighted by molar-refractivity contribution is 5.59. The van der Waals surface area contributed by atoms with Crippen molar-refractivity contribution >= 4 is 0 Å². The van der Waals surface area contributed by atoms with Crippen LogP contribution in [-0.4, -0.2) is 31.0 Å². The summed E-state index contributed by atoms with van der Waals surface area (Å²) in [6, 6.07) is 5.46. The van der Waals surface area contributed by atoms with E-state index in [1.807, 2.05) is 6.07 Å². The molecule has 0 unspecified atom stereocenters. The fourth-order valence-electron chi connectivity index (χ4n) is 1.69. The summed E-state index contributed by atoms with van der Waals surface area (Å²) in [5.41, 5.74) is 6.24. The second-order valence-electron chi connectivity index (χ2n) is 3.96. The maximum atomic E-state index is 5.57. The van der Waals surface area contributed by atoms with Crippen LogP contribution in [0.3, 0.4) is 0 Å². The molecule has 1 aromatic carbocycles. The van der Waals surface area contributed by atoms with E-state index in [-0.39, 0.29) is 0 Å². The average Bonchev–Trinajstić information content (AvgIpc) is 2.93. The first kappa shape index (κ1) is 13.4. The molecule has 0 aliphatic rings. The van der Waals surface area contributed by atoms with Gasteiger partial charge in [-0.2, -0.15) is 0 Å². The first-order valence-corrected chi connectivity index (χ1v) is 6.03. The summed E-state index contributed by atoms with van der Waals surface area (Å²) < 4.78 is 16.0. The van der Waals surface area contributed by atoms with Crippen molar-refractivity contribution in [3.8, 4) is 23.0 Å². The number of hydrogen-bond acceptors (Lipinski definition) is 6. The molecule has 2 N–H and O–H groups in total. The Balaban J connectivity index is 2.23. The van der Waals surface area contributed by atoms with Crippen LogP contribution in [0.4, 0.5) is 0 Å². The van der Waals surface area contributed by atoms with Crippen LogP contribution in [0.25, 0.3) is 11.5 Å². The molecule has 0 saturated heterocycles. The van der Waals surface area contributed by atoms with E-state index in [4.69, 9.17) is 19.6 Å². The summed E-state index contributed by atoms with van der Waals surface area (Å²) in [6.07, 6.45) is 1.52. The Morgan fingerprint density at radius 1 is 1.16 bits per heavy atom. The molecular formula is C13H17N3O3. The monoisotopic (exact) mass is 263 g/mol. The van der Waals surface area contributed by atoms with Crippen molar-refractivity contribution in [3.05, 3.63) is 24.1 Å². The van der Waals surface area contributed by atoms with Gasteiger partial charge in [-0.3, -0.25) is 0 Å². The van der Waals surface area contributed by atoms with Crippen molar-refractivity contribution in [1.29, 1.82) is 0 Å². The Bertz CT molecular complexity index is 540. The van der Waals surface area contributed by atoms with E-state index in [0.717, 1.165) is 12.0 Å². The minimum atomic E-state index is 0.466. The van der Waals surface area contributed by atoms with Crippen LogP contribution in [0.5, 0.6) is 11.5 Å². The first-order valence-electron chi connectivity index (χ1n) is 6.03. The van der Waals surface area contributed by atoms with Crippen LogP contribution in [0.15, 0.2) is 22.6 Å². The second kappa shape index (κ2) is 6.19. The largest absolute Gasteiger partial charge is 0.493 e. The summed E-state index contributed by atoms with van der Waals surface area (Å²) in [6.45, 7) is 0.605. The molecule has 0 atom stereocenters. The Hall–Kier alpha value is -2.08. The molecule has 0 radical (unpaired) electrons. The van der Waals surface area contributed by atoms with Gasteiger partial charge >= 0.3 is 0 Å².